The van der Waals surface area contributed by atoms with Gasteiger partial charge in [0.2, 0.25) is 21.8 Å². The summed E-state index contributed by atoms with van der Waals surface area (Å²) >= 11 is 15.8. The van der Waals surface area contributed by atoms with E-state index in [1.54, 1.807) is 11.0 Å². The Morgan fingerprint density at radius 2 is 1.65 bits per heavy atom. The Labute approximate surface area is 254 Å². The Bertz CT molecular complexity index is 1410. The molecular formula is C29H32BrCl2N3O4S. The summed E-state index contributed by atoms with van der Waals surface area (Å²) in [6.45, 7) is 2.49. The first-order valence-electron chi connectivity index (χ1n) is 12.8. The normalized spacial score (nSPS) is 12.0. The fraction of sp³-hybridized carbons (Fsp3) is 0.310. The maximum atomic E-state index is 13.8. The van der Waals surface area contributed by atoms with Crippen molar-refractivity contribution in [3.63, 3.8) is 0 Å². The maximum absolute atomic E-state index is 13.8. The van der Waals surface area contributed by atoms with Crippen LogP contribution in [0.3, 0.4) is 0 Å². The van der Waals surface area contributed by atoms with E-state index in [4.69, 9.17) is 23.2 Å². The molecule has 40 heavy (non-hydrogen) atoms. The van der Waals surface area contributed by atoms with Gasteiger partial charge in [0.05, 0.1) is 17.0 Å². The lowest BCUT2D eigenvalue weighted by molar-refractivity contribution is -0.141. The largest absolute Gasteiger partial charge is 0.355 e. The van der Waals surface area contributed by atoms with E-state index in [1.807, 2.05) is 61.5 Å². The van der Waals surface area contributed by atoms with E-state index in [1.165, 1.54) is 12.1 Å². The van der Waals surface area contributed by atoms with Crippen molar-refractivity contribution in [3.8, 4) is 0 Å². The molecule has 2 amide bonds. The highest BCUT2D eigenvalue weighted by molar-refractivity contribution is 9.10. The van der Waals surface area contributed by atoms with Crippen molar-refractivity contribution < 1.29 is 18.0 Å². The predicted molar refractivity (Wildman–Crippen MR) is 165 cm³/mol. The van der Waals surface area contributed by atoms with E-state index in [-0.39, 0.29) is 48.5 Å². The molecule has 0 spiro atoms. The van der Waals surface area contributed by atoms with Crippen LogP contribution in [0.15, 0.2) is 77.3 Å². The van der Waals surface area contributed by atoms with E-state index < -0.39 is 16.1 Å². The molecule has 0 aliphatic heterocycles. The standard InChI is InChI=1S/C29H32BrCl2N3O4S/c1-3-33-29(37)27(18-21-8-5-4-6-9-21)34(20-22-11-13-23(30)14-12-22)28(36)10-7-17-35(40(2,38)39)26-19-24(31)15-16-25(26)32/h4-6,8-9,11-16,19,27H,3,7,10,17-18,20H2,1-2H3,(H,33,37)/t27-/m0/s1. The van der Waals surface area contributed by atoms with Crippen LogP contribution < -0.4 is 9.62 Å². The predicted octanol–water partition coefficient (Wildman–Crippen LogP) is 6.08. The fourth-order valence-electron chi connectivity index (χ4n) is 4.29. The van der Waals surface area contributed by atoms with Crippen LogP contribution in [0.25, 0.3) is 0 Å². The van der Waals surface area contributed by atoms with Crippen LogP contribution in [-0.4, -0.2) is 50.5 Å². The summed E-state index contributed by atoms with van der Waals surface area (Å²) in [6, 6.07) is 20.9. The summed E-state index contributed by atoms with van der Waals surface area (Å²) in [6.07, 6.45) is 1.64. The molecule has 0 bridgehead atoms. The number of hydrogen-bond acceptors (Lipinski definition) is 4. The number of sulfonamides is 1. The minimum Gasteiger partial charge on any atom is -0.355 e. The molecule has 11 heteroatoms. The number of halogens is 3. The number of rotatable bonds is 13. The second kappa shape index (κ2) is 14.9. The monoisotopic (exact) mass is 667 g/mol. The van der Waals surface area contributed by atoms with Gasteiger partial charge in [0.25, 0.3) is 0 Å². The molecule has 0 aromatic heterocycles. The summed E-state index contributed by atoms with van der Waals surface area (Å²) < 4.78 is 27.3. The van der Waals surface area contributed by atoms with Gasteiger partial charge >= 0.3 is 0 Å². The molecule has 7 nitrogen and oxygen atoms in total. The Kier molecular flexibility index (Phi) is 11.9. The van der Waals surface area contributed by atoms with Crippen LogP contribution in [0.4, 0.5) is 5.69 Å². The first-order valence-corrected chi connectivity index (χ1v) is 16.2. The van der Waals surface area contributed by atoms with E-state index in [9.17, 15) is 18.0 Å². The first kappa shape index (κ1) is 31.9. The van der Waals surface area contributed by atoms with Crippen LogP contribution in [0.2, 0.25) is 10.0 Å². The van der Waals surface area contributed by atoms with Gasteiger partial charge in [-0.15, -0.1) is 0 Å². The summed E-state index contributed by atoms with van der Waals surface area (Å²) in [5.41, 5.74) is 2.04. The summed E-state index contributed by atoms with van der Waals surface area (Å²) in [5, 5.41) is 3.44. The molecule has 0 aliphatic carbocycles. The van der Waals surface area contributed by atoms with E-state index >= 15 is 0 Å². The number of likely N-dealkylation sites (N-methyl/N-ethyl adjacent to an activating group) is 1. The second-order valence-electron chi connectivity index (χ2n) is 9.28. The molecule has 0 fully saturated rings. The highest BCUT2D eigenvalue weighted by atomic mass is 79.9. The molecule has 0 saturated carbocycles. The van der Waals surface area contributed by atoms with Crippen LogP contribution in [0.1, 0.15) is 30.9 Å². The Balaban J connectivity index is 1.87. The van der Waals surface area contributed by atoms with Gasteiger partial charge < -0.3 is 10.2 Å². The number of nitrogens with one attached hydrogen (secondary N) is 1. The lowest BCUT2D eigenvalue weighted by Crippen LogP contribution is -2.50. The van der Waals surface area contributed by atoms with Gasteiger partial charge in [-0.05, 0) is 54.8 Å². The van der Waals surface area contributed by atoms with Crippen LogP contribution in [0.5, 0.6) is 0 Å². The highest BCUT2D eigenvalue weighted by Gasteiger charge is 2.30. The fourth-order valence-corrected chi connectivity index (χ4v) is 5.96. The van der Waals surface area contributed by atoms with Gasteiger partial charge in [-0.1, -0.05) is 81.6 Å². The van der Waals surface area contributed by atoms with Crippen molar-refractivity contribution in [2.45, 2.75) is 38.8 Å². The molecule has 0 aliphatic rings. The highest BCUT2D eigenvalue weighted by Crippen LogP contribution is 2.31. The van der Waals surface area contributed by atoms with Gasteiger partial charge in [0, 0.05) is 42.0 Å². The van der Waals surface area contributed by atoms with Crippen molar-refractivity contribution in [2.24, 2.45) is 0 Å². The lowest BCUT2D eigenvalue weighted by Gasteiger charge is -2.32. The van der Waals surface area contributed by atoms with Gasteiger partial charge in [0.15, 0.2) is 0 Å². The zero-order chi connectivity index (χ0) is 29.3. The molecule has 0 saturated heterocycles. The lowest BCUT2D eigenvalue weighted by atomic mass is 10.0. The molecule has 0 radical (unpaired) electrons. The smallest absolute Gasteiger partial charge is 0.243 e. The molecule has 0 heterocycles. The average Bonchev–Trinajstić information content (AvgIpc) is 2.91. The van der Waals surface area contributed by atoms with Gasteiger partial charge in [-0.25, -0.2) is 8.42 Å². The SMILES string of the molecule is CCNC(=O)[C@H](Cc1ccccc1)N(Cc1ccc(Br)cc1)C(=O)CCCN(c1cc(Cl)ccc1Cl)S(C)(=O)=O. The molecule has 3 rings (SSSR count). The number of benzene rings is 3. The molecule has 3 aromatic carbocycles. The summed E-state index contributed by atoms with van der Waals surface area (Å²) in [7, 11) is -3.71. The number of amides is 2. The van der Waals surface area contributed by atoms with Crippen LogP contribution >= 0.6 is 39.1 Å². The number of carbonyl (C=O) groups is 2. The van der Waals surface area contributed by atoms with Crippen molar-refractivity contribution in [1.82, 2.24) is 10.2 Å². The maximum Gasteiger partial charge on any atom is 0.243 e. The van der Waals surface area contributed by atoms with E-state index in [2.05, 4.69) is 21.2 Å². The minimum absolute atomic E-state index is 0.0151. The quantitative estimate of drug-likeness (QED) is 0.239. The molecule has 3 aromatic rings. The average molecular weight is 669 g/mol. The third kappa shape index (κ3) is 9.23. The third-order valence-electron chi connectivity index (χ3n) is 6.22. The topological polar surface area (TPSA) is 86.8 Å². The zero-order valence-electron chi connectivity index (χ0n) is 22.3. The number of nitrogens with zero attached hydrogens (tertiary/aromatic N) is 2. The van der Waals surface area contributed by atoms with Crippen molar-refractivity contribution in [3.05, 3.63) is 98.4 Å². The number of anilines is 1. The summed E-state index contributed by atoms with van der Waals surface area (Å²) in [4.78, 5) is 28.6. The molecular weight excluding hydrogens is 637 g/mol. The third-order valence-corrected chi connectivity index (χ3v) is 8.48. The Morgan fingerprint density at radius 1 is 0.975 bits per heavy atom. The van der Waals surface area contributed by atoms with E-state index in [0.717, 1.165) is 26.2 Å². The van der Waals surface area contributed by atoms with Crippen molar-refractivity contribution in [2.75, 3.05) is 23.7 Å². The van der Waals surface area contributed by atoms with Crippen molar-refractivity contribution in [1.29, 1.82) is 0 Å². The Hall–Kier alpha value is -2.59. The molecule has 1 atom stereocenters. The van der Waals surface area contributed by atoms with E-state index in [0.29, 0.717) is 18.0 Å². The molecule has 214 valence electrons. The van der Waals surface area contributed by atoms with Crippen LogP contribution in [-0.2, 0) is 32.6 Å². The van der Waals surface area contributed by atoms with Crippen LogP contribution in [0, 0.1) is 0 Å². The first-order chi connectivity index (χ1) is 19.0. The van der Waals surface area contributed by atoms with Gasteiger partial charge in [-0.2, -0.15) is 0 Å². The van der Waals surface area contributed by atoms with Gasteiger partial charge in [-0.3, -0.25) is 13.9 Å². The van der Waals surface area contributed by atoms with Crippen molar-refractivity contribution >= 4 is 66.7 Å². The number of carbonyl (C=O) groups excluding carboxylic acids is 2. The molecule has 0 unspecified atom stereocenters. The number of hydrogen-bond donors (Lipinski definition) is 1. The molecule has 1 N–H and O–H groups in total. The zero-order valence-corrected chi connectivity index (χ0v) is 26.2. The Morgan fingerprint density at radius 3 is 2.27 bits per heavy atom. The second-order valence-corrected chi connectivity index (χ2v) is 12.9. The summed E-state index contributed by atoms with van der Waals surface area (Å²) in [5.74, 6) is -0.513. The van der Waals surface area contributed by atoms with Gasteiger partial charge in [0.1, 0.15) is 6.04 Å². The minimum atomic E-state index is -3.71.